The number of ether oxygens (including phenoxy) is 1. The SMILES string of the molecule is COC(=O)c1cccc(Nc2ccnc(NCCc3ccc(Cl)cc3)n2)c1. The van der Waals surface area contributed by atoms with Gasteiger partial charge in [-0.1, -0.05) is 29.8 Å². The minimum atomic E-state index is -0.383. The van der Waals surface area contributed by atoms with Crippen molar-refractivity contribution in [2.24, 2.45) is 0 Å². The Hall–Kier alpha value is -3.12. The summed E-state index contributed by atoms with van der Waals surface area (Å²) >= 11 is 5.89. The number of hydrogen-bond acceptors (Lipinski definition) is 6. The molecule has 0 aliphatic heterocycles. The van der Waals surface area contributed by atoms with Crippen molar-refractivity contribution in [3.05, 3.63) is 76.9 Å². The number of benzene rings is 2. The maximum atomic E-state index is 11.6. The molecule has 1 heterocycles. The van der Waals surface area contributed by atoms with Gasteiger partial charge in [0.1, 0.15) is 5.82 Å². The maximum Gasteiger partial charge on any atom is 0.337 e. The Morgan fingerprint density at radius 2 is 1.96 bits per heavy atom. The van der Waals surface area contributed by atoms with E-state index < -0.39 is 0 Å². The Morgan fingerprint density at radius 1 is 1.15 bits per heavy atom. The summed E-state index contributed by atoms with van der Waals surface area (Å²) in [5, 5.41) is 7.09. The first-order valence-corrected chi connectivity index (χ1v) is 8.78. The van der Waals surface area contributed by atoms with E-state index in [-0.39, 0.29) is 5.97 Å². The van der Waals surface area contributed by atoms with Gasteiger partial charge in [0.15, 0.2) is 0 Å². The lowest BCUT2D eigenvalue weighted by Gasteiger charge is -2.09. The number of anilines is 3. The summed E-state index contributed by atoms with van der Waals surface area (Å²) in [6.07, 6.45) is 2.50. The largest absolute Gasteiger partial charge is 0.465 e. The van der Waals surface area contributed by atoms with E-state index in [2.05, 4.69) is 20.6 Å². The lowest BCUT2D eigenvalue weighted by Crippen LogP contribution is -2.08. The van der Waals surface area contributed by atoms with Crippen molar-refractivity contribution < 1.29 is 9.53 Å². The van der Waals surface area contributed by atoms with Gasteiger partial charge in [0.2, 0.25) is 5.95 Å². The van der Waals surface area contributed by atoms with E-state index in [1.54, 1.807) is 30.5 Å². The molecule has 2 aromatic carbocycles. The fraction of sp³-hybridized carbons (Fsp3) is 0.150. The fourth-order valence-electron chi connectivity index (χ4n) is 2.47. The molecule has 6 nitrogen and oxygen atoms in total. The summed E-state index contributed by atoms with van der Waals surface area (Å²) in [4.78, 5) is 20.3. The van der Waals surface area contributed by atoms with Crippen molar-refractivity contribution >= 4 is 35.0 Å². The van der Waals surface area contributed by atoms with Crippen LogP contribution in [0.1, 0.15) is 15.9 Å². The highest BCUT2D eigenvalue weighted by Gasteiger charge is 2.06. The van der Waals surface area contributed by atoms with Crippen LogP contribution in [0.5, 0.6) is 0 Å². The number of carbonyl (C=O) groups is 1. The average Bonchev–Trinajstić information content (AvgIpc) is 2.69. The quantitative estimate of drug-likeness (QED) is 0.593. The normalized spacial score (nSPS) is 10.3. The monoisotopic (exact) mass is 382 g/mol. The first-order chi connectivity index (χ1) is 13.1. The van der Waals surface area contributed by atoms with Crippen molar-refractivity contribution in [3.8, 4) is 0 Å². The summed E-state index contributed by atoms with van der Waals surface area (Å²) in [6.45, 7) is 0.697. The topological polar surface area (TPSA) is 76.1 Å². The van der Waals surface area contributed by atoms with Gasteiger partial charge in [-0.25, -0.2) is 9.78 Å². The molecule has 3 rings (SSSR count). The maximum absolute atomic E-state index is 11.6. The Morgan fingerprint density at radius 3 is 2.74 bits per heavy atom. The van der Waals surface area contributed by atoms with E-state index in [0.717, 1.165) is 17.1 Å². The molecule has 0 spiro atoms. The number of nitrogens with zero attached hydrogens (tertiary/aromatic N) is 2. The zero-order valence-electron chi connectivity index (χ0n) is 14.8. The minimum Gasteiger partial charge on any atom is -0.465 e. The predicted molar refractivity (Wildman–Crippen MR) is 107 cm³/mol. The number of hydrogen-bond donors (Lipinski definition) is 2. The predicted octanol–water partition coefficient (Wildman–Crippen LogP) is 4.31. The van der Waals surface area contributed by atoms with E-state index in [9.17, 15) is 4.79 Å². The second kappa shape index (κ2) is 9.00. The second-order valence-electron chi connectivity index (χ2n) is 5.77. The number of rotatable bonds is 7. The van der Waals surface area contributed by atoms with Gasteiger partial charge in [-0.15, -0.1) is 0 Å². The standard InChI is InChI=1S/C20H19ClN4O2/c1-27-19(26)15-3-2-4-17(13-15)24-18-10-12-23-20(25-18)22-11-9-14-5-7-16(21)8-6-14/h2-8,10,12-13H,9,11H2,1H3,(H2,22,23,24,25). The average molecular weight is 383 g/mol. The highest BCUT2D eigenvalue weighted by molar-refractivity contribution is 6.30. The molecule has 0 radical (unpaired) electrons. The van der Waals surface area contributed by atoms with Crippen LogP contribution in [-0.4, -0.2) is 29.6 Å². The van der Waals surface area contributed by atoms with E-state index in [0.29, 0.717) is 23.9 Å². The summed E-state index contributed by atoms with van der Waals surface area (Å²) in [5.41, 5.74) is 2.39. The van der Waals surface area contributed by atoms with Crippen LogP contribution in [0.25, 0.3) is 0 Å². The number of nitrogens with one attached hydrogen (secondary N) is 2. The third-order valence-electron chi connectivity index (χ3n) is 3.82. The van der Waals surface area contributed by atoms with Gasteiger partial charge in [0.05, 0.1) is 12.7 Å². The van der Waals surface area contributed by atoms with Crippen LogP contribution in [0.4, 0.5) is 17.5 Å². The Kier molecular flexibility index (Phi) is 6.22. The van der Waals surface area contributed by atoms with Crippen LogP contribution in [0, 0.1) is 0 Å². The first kappa shape index (κ1) is 18.7. The summed E-state index contributed by atoms with van der Waals surface area (Å²) in [6, 6.07) is 16.5. The fourth-order valence-corrected chi connectivity index (χ4v) is 2.60. The molecule has 138 valence electrons. The molecule has 0 aliphatic rings. The van der Waals surface area contributed by atoms with Crippen LogP contribution in [0.15, 0.2) is 60.8 Å². The van der Waals surface area contributed by atoms with Gasteiger partial charge in [0, 0.05) is 23.5 Å². The summed E-state index contributed by atoms with van der Waals surface area (Å²) in [7, 11) is 1.36. The first-order valence-electron chi connectivity index (χ1n) is 8.41. The van der Waals surface area contributed by atoms with Gasteiger partial charge in [-0.05, 0) is 48.4 Å². The third-order valence-corrected chi connectivity index (χ3v) is 4.07. The number of aromatic nitrogens is 2. The van der Waals surface area contributed by atoms with Crippen LogP contribution in [0.3, 0.4) is 0 Å². The highest BCUT2D eigenvalue weighted by Crippen LogP contribution is 2.17. The number of esters is 1. The molecule has 1 aromatic heterocycles. The van der Waals surface area contributed by atoms with Crippen molar-refractivity contribution in [3.63, 3.8) is 0 Å². The number of carbonyl (C=O) groups excluding carboxylic acids is 1. The number of methoxy groups -OCH3 is 1. The van der Waals surface area contributed by atoms with Crippen LogP contribution >= 0.6 is 11.6 Å². The molecular formula is C20H19ClN4O2. The molecule has 0 bridgehead atoms. The van der Waals surface area contributed by atoms with Crippen molar-refractivity contribution in [2.75, 3.05) is 24.3 Å². The molecule has 0 saturated heterocycles. The zero-order chi connectivity index (χ0) is 19.1. The van der Waals surface area contributed by atoms with E-state index in [1.807, 2.05) is 30.3 Å². The lowest BCUT2D eigenvalue weighted by molar-refractivity contribution is 0.0601. The second-order valence-corrected chi connectivity index (χ2v) is 6.20. The van der Waals surface area contributed by atoms with Crippen LogP contribution < -0.4 is 10.6 Å². The van der Waals surface area contributed by atoms with Gasteiger partial charge >= 0.3 is 5.97 Å². The molecular weight excluding hydrogens is 364 g/mol. The van der Waals surface area contributed by atoms with Gasteiger partial charge < -0.3 is 15.4 Å². The Balaban J connectivity index is 1.60. The van der Waals surface area contributed by atoms with E-state index in [1.165, 1.54) is 12.7 Å². The molecule has 0 atom stereocenters. The molecule has 3 aromatic rings. The van der Waals surface area contributed by atoms with Crippen molar-refractivity contribution in [1.82, 2.24) is 9.97 Å². The molecule has 7 heteroatoms. The molecule has 27 heavy (non-hydrogen) atoms. The third kappa shape index (κ3) is 5.43. The molecule has 0 aliphatic carbocycles. The molecule has 0 unspecified atom stereocenters. The summed E-state index contributed by atoms with van der Waals surface area (Å²) < 4.78 is 4.74. The Labute approximate surface area is 162 Å². The van der Waals surface area contributed by atoms with E-state index >= 15 is 0 Å². The lowest BCUT2D eigenvalue weighted by atomic mass is 10.1. The molecule has 0 fully saturated rings. The smallest absolute Gasteiger partial charge is 0.337 e. The van der Waals surface area contributed by atoms with Gasteiger partial charge in [-0.3, -0.25) is 0 Å². The highest BCUT2D eigenvalue weighted by atomic mass is 35.5. The zero-order valence-corrected chi connectivity index (χ0v) is 15.5. The van der Waals surface area contributed by atoms with Gasteiger partial charge in [0.25, 0.3) is 0 Å². The molecule has 2 N–H and O–H groups in total. The van der Waals surface area contributed by atoms with Gasteiger partial charge in [-0.2, -0.15) is 4.98 Å². The molecule has 0 amide bonds. The van der Waals surface area contributed by atoms with Crippen molar-refractivity contribution in [2.45, 2.75) is 6.42 Å². The number of halogens is 1. The van der Waals surface area contributed by atoms with E-state index in [4.69, 9.17) is 16.3 Å². The molecule has 0 saturated carbocycles. The van der Waals surface area contributed by atoms with Crippen LogP contribution in [0.2, 0.25) is 5.02 Å². The van der Waals surface area contributed by atoms with Crippen molar-refractivity contribution in [1.29, 1.82) is 0 Å². The minimum absolute atomic E-state index is 0.383. The summed E-state index contributed by atoms with van der Waals surface area (Å²) in [5.74, 6) is 0.769. The van der Waals surface area contributed by atoms with Crippen LogP contribution in [-0.2, 0) is 11.2 Å². The Bertz CT molecular complexity index is 916.